The van der Waals surface area contributed by atoms with Gasteiger partial charge in [0.2, 0.25) is 5.91 Å². The highest BCUT2D eigenvalue weighted by molar-refractivity contribution is 5.98. The predicted octanol–water partition coefficient (Wildman–Crippen LogP) is 4.30. The molecule has 0 saturated carbocycles. The smallest absolute Gasteiger partial charge is 0.252 e. The molecule has 1 unspecified atom stereocenters. The topological polar surface area (TPSA) is 63.1 Å². The van der Waals surface area contributed by atoms with E-state index in [-0.39, 0.29) is 11.8 Å². The minimum atomic E-state index is -0.537. The molecule has 1 atom stereocenters. The maximum Gasteiger partial charge on any atom is 0.252 e. The van der Waals surface area contributed by atoms with Crippen LogP contribution in [-0.4, -0.2) is 29.0 Å². The van der Waals surface area contributed by atoms with E-state index in [0.29, 0.717) is 24.4 Å². The van der Waals surface area contributed by atoms with Crippen LogP contribution in [0.4, 0.5) is 0 Å². The number of fused-ring (bicyclic) bond motifs is 1. The summed E-state index contributed by atoms with van der Waals surface area (Å²) in [5, 5.41) is 7.15. The lowest BCUT2D eigenvalue weighted by molar-refractivity contribution is -0.123. The molecule has 0 spiro atoms. The van der Waals surface area contributed by atoms with Crippen molar-refractivity contribution in [3.05, 3.63) is 71.9 Å². The molecular formula is C25H31N3O2. The number of amides is 2. The van der Waals surface area contributed by atoms with Gasteiger partial charge in [-0.3, -0.25) is 9.59 Å². The Morgan fingerprint density at radius 1 is 1.00 bits per heavy atom. The molecule has 5 nitrogen and oxygen atoms in total. The van der Waals surface area contributed by atoms with Gasteiger partial charge < -0.3 is 15.2 Å². The van der Waals surface area contributed by atoms with E-state index in [1.807, 2.05) is 37.3 Å². The zero-order valence-electron chi connectivity index (χ0n) is 18.0. The molecule has 0 aliphatic rings. The van der Waals surface area contributed by atoms with Crippen molar-refractivity contribution in [2.45, 2.75) is 46.2 Å². The zero-order valence-corrected chi connectivity index (χ0v) is 18.0. The summed E-state index contributed by atoms with van der Waals surface area (Å²) in [6, 6.07) is 17.3. The maximum atomic E-state index is 12.8. The summed E-state index contributed by atoms with van der Waals surface area (Å²) in [6.07, 6.45) is 3.51. The SMILES string of the molecule is Cc1ccccc1C(=O)NC(CC(C)C)C(=O)NCCCn1ccc2ccccc21. The van der Waals surface area contributed by atoms with Crippen LogP contribution in [0.3, 0.4) is 0 Å². The van der Waals surface area contributed by atoms with Crippen LogP contribution in [0.15, 0.2) is 60.8 Å². The molecule has 0 radical (unpaired) electrons. The second-order valence-corrected chi connectivity index (χ2v) is 8.18. The highest BCUT2D eigenvalue weighted by atomic mass is 16.2. The van der Waals surface area contributed by atoms with Gasteiger partial charge in [-0.05, 0) is 54.8 Å². The average molecular weight is 406 g/mol. The molecule has 3 rings (SSSR count). The second kappa shape index (κ2) is 10.1. The van der Waals surface area contributed by atoms with Crippen molar-refractivity contribution in [2.75, 3.05) is 6.54 Å². The zero-order chi connectivity index (χ0) is 21.5. The van der Waals surface area contributed by atoms with Crippen LogP contribution in [0.5, 0.6) is 0 Å². The van der Waals surface area contributed by atoms with Gasteiger partial charge in [0.1, 0.15) is 6.04 Å². The number of nitrogens with one attached hydrogen (secondary N) is 2. The van der Waals surface area contributed by atoms with E-state index in [0.717, 1.165) is 18.5 Å². The number of para-hydroxylation sites is 1. The van der Waals surface area contributed by atoms with E-state index >= 15 is 0 Å². The lowest BCUT2D eigenvalue weighted by Crippen LogP contribution is -2.47. The lowest BCUT2D eigenvalue weighted by atomic mass is 10.0. The summed E-state index contributed by atoms with van der Waals surface area (Å²) in [5.41, 5.74) is 2.71. The van der Waals surface area contributed by atoms with Crippen LogP contribution in [0.1, 0.15) is 42.6 Å². The van der Waals surface area contributed by atoms with Crippen LogP contribution in [0.25, 0.3) is 10.9 Å². The number of carbonyl (C=O) groups is 2. The van der Waals surface area contributed by atoms with Gasteiger partial charge >= 0.3 is 0 Å². The van der Waals surface area contributed by atoms with Gasteiger partial charge in [-0.25, -0.2) is 0 Å². The molecule has 2 amide bonds. The van der Waals surface area contributed by atoms with Gasteiger partial charge in [-0.2, -0.15) is 0 Å². The molecule has 0 aliphatic carbocycles. The maximum absolute atomic E-state index is 12.8. The molecule has 0 bridgehead atoms. The number of hydrogen-bond acceptors (Lipinski definition) is 2. The number of rotatable bonds is 9. The normalized spacial score (nSPS) is 12.1. The molecular weight excluding hydrogens is 374 g/mol. The van der Waals surface area contributed by atoms with E-state index in [9.17, 15) is 9.59 Å². The van der Waals surface area contributed by atoms with Gasteiger partial charge in [-0.1, -0.05) is 50.2 Å². The number of hydrogen-bond donors (Lipinski definition) is 2. The fourth-order valence-corrected chi connectivity index (χ4v) is 3.69. The number of carbonyl (C=O) groups excluding carboxylic acids is 2. The third-order valence-corrected chi connectivity index (χ3v) is 5.27. The largest absolute Gasteiger partial charge is 0.354 e. The van der Waals surface area contributed by atoms with Crippen LogP contribution >= 0.6 is 0 Å². The van der Waals surface area contributed by atoms with Crippen molar-refractivity contribution in [3.63, 3.8) is 0 Å². The van der Waals surface area contributed by atoms with Crippen LogP contribution < -0.4 is 10.6 Å². The minimum Gasteiger partial charge on any atom is -0.354 e. The minimum absolute atomic E-state index is 0.122. The first-order valence-corrected chi connectivity index (χ1v) is 10.6. The van der Waals surface area contributed by atoms with Gasteiger partial charge in [0.05, 0.1) is 0 Å². The number of aryl methyl sites for hydroxylation is 2. The molecule has 30 heavy (non-hydrogen) atoms. The Balaban J connectivity index is 1.54. The summed E-state index contributed by atoms with van der Waals surface area (Å²) >= 11 is 0. The van der Waals surface area contributed by atoms with Gasteiger partial charge in [-0.15, -0.1) is 0 Å². The van der Waals surface area contributed by atoms with Crippen molar-refractivity contribution in [1.29, 1.82) is 0 Å². The van der Waals surface area contributed by atoms with Crippen LogP contribution in [-0.2, 0) is 11.3 Å². The summed E-state index contributed by atoms with van der Waals surface area (Å²) in [7, 11) is 0. The van der Waals surface area contributed by atoms with E-state index in [1.54, 1.807) is 6.07 Å². The molecule has 3 aromatic rings. The summed E-state index contributed by atoms with van der Waals surface area (Å²) in [5.74, 6) is -0.0279. The van der Waals surface area contributed by atoms with Crippen molar-refractivity contribution < 1.29 is 9.59 Å². The summed E-state index contributed by atoms with van der Waals surface area (Å²) < 4.78 is 2.20. The van der Waals surface area contributed by atoms with E-state index < -0.39 is 6.04 Å². The van der Waals surface area contributed by atoms with Crippen LogP contribution in [0, 0.1) is 12.8 Å². The van der Waals surface area contributed by atoms with E-state index in [2.05, 4.69) is 53.4 Å². The Labute approximate surface area is 178 Å². The summed E-state index contributed by atoms with van der Waals surface area (Å²) in [4.78, 5) is 25.4. The van der Waals surface area contributed by atoms with E-state index in [4.69, 9.17) is 0 Å². The molecule has 0 fully saturated rings. The third kappa shape index (κ3) is 5.50. The first-order valence-electron chi connectivity index (χ1n) is 10.6. The van der Waals surface area contributed by atoms with Crippen LogP contribution in [0.2, 0.25) is 0 Å². The highest BCUT2D eigenvalue weighted by Crippen LogP contribution is 2.15. The fourth-order valence-electron chi connectivity index (χ4n) is 3.69. The molecule has 0 saturated heterocycles. The molecule has 158 valence electrons. The van der Waals surface area contributed by atoms with Gasteiger partial charge in [0, 0.05) is 30.4 Å². The van der Waals surface area contributed by atoms with Crippen molar-refractivity contribution in [2.24, 2.45) is 5.92 Å². The first kappa shape index (κ1) is 21.6. The number of benzene rings is 2. The van der Waals surface area contributed by atoms with Crippen molar-refractivity contribution in [3.8, 4) is 0 Å². The Kier molecular flexibility index (Phi) is 7.28. The Morgan fingerprint density at radius 3 is 2.50 bits per heavy atom. The molecule has 1 aromatic heterocycles. The van der Waals surface area contributed by atoms with Gasteiger partial charge in [0.15, 0.2) is 0 Å². The standard InChI is InChI=1S/C25H31N3O2/c1-18(2)17-22(27-24(29)21-11-6-4-9-19(21)3)25(30)26-14-8-15-28-16-13-20-10-5-7-12-23(20)28/h4-7,9-13,16,18,22H,8,14-15,17H2,1-3H3,(H,26,30)(H,27,29). The second-order valence-electron chi connectivity index (χ2n) is 8.18. The number of nitrogens with zero attached hydrogens (tertiary/aromatic N) is 1. The lowest BCUT2D eigenvalue weighted by Gasteiger charge is -2.21. The summed E-state index contributed by atoms with van der Waals surface area (Å²) in [6.45, 7) is 7.41. The Morgan fingerprint density at radius 2 is 1.73 bits per heavy atom. The molecule has 0 aliphatic heterocycles. The number of aromatic nitrogens is 1. The predicted molar refractivity (Wildman–Crippen MR) is 121 cm³/mol. The molecule has 2 aromatic carbocycles. The highest BCUT2D eigenvalue weighted by Gasteiger charge is 2.22. The molecule has 2 N–H and O–H groups in total. The van der Waals surface area contributed by atoms with Gasteiger partial charge in [0.25, 0.3) is 5.91 Å². The molecule has 1 heterocycles. The Hall–Kier alpha value is -3.08. The third-order valence-electron chi connectivity index (χ3n) is 5.27. The Bertz CT molecular complexity index is 1010. The monoisotopic (exact) mass is 405 g/mol. The fraction of sp³-hybridized carbons (Fsp3) is 0.360. The van der Waals surface area contributed by atoms with Crippen molar-refractivity contribution in [1.82, 2.24) is 15.2 Å². The van der Waals surface area contributed by atoms with E-state index in [1.165, 1.54) is 10.9 Å². The van der Waals surface area contributed by atoms with Crippen molar-refractivity contribution >= 4 is 22.7 Å². The average Bonchev–Trinajstić information content (AvgIpc) is 3.13. The quantitative estimate of drug-likeness (QED) is 0.521. The first-order chi connectivity index (χ1) is 14.5. The molecule has 5 heteroatoms.